The van der Waals surface area contributed by atoms with Crippen molar-refractivity contribution >= 4 is 92.8 Å². The van der Waals surface area contributed by atoms with Gasteiger partial charge in [0.2, 0.25) is 5.91 Å². The molecule has 14 heteroatoms. The van der Waals surface area contributed by atoms with Gasteiger partial charge in [-0.25, -0.2) is 4.39 Å². The Morgan fingerprint density at radius 2 is 1.49 bits per heavy atom. The van der Waals surface area contributed by atoms with Gasteiger partial charge >= 0.3 is 6.43 Å². The Bertz CT molecular complexity index is 1490. The van der Waals surface area contributed by atoms with Crippen LogP contribution in [0.15, 0.2) is 54.6 Å². The molecule has 1 aliphatic rings. The maximum absolute atomic E-state index is 13.7. The molecule has 0 bridgehead atoms. The number of benzene rings is 3. The molecule has 1 fully saturated rings. The second-order valence-electron chi connectivity index (χ2n) is 8.42. The summed E-state index contributed by atoms with van der Waals surface area (Å²) in [5.74, 6) is -5.33. The van der Waals surface area contributed by atoms with Crippen LogP contribution in [0.2, 0.25) is 15.1 Å². The summed E-state index contributed by atoms with van der Waals surface area (Å²) in [5, 5.41) is 7.43. The van der Waals surface area contributed by atoms with Crippen LogP contribution in [-0.2, 0) is 9.59 Å². The van der Waals surface area contributed by atoms with Crippen LogP contribution in [0.4, 0.5) is 30.2 Å². The monoisotopic (exact) mass is 637 g/mol. The van der Waals surface area contributed by atoms with E-state index in [1.54, 1.807) is 18.2 Å². The molecule has 0 unspecified atom stereocenters. The first-order valence-corrected chi connectivity index (χ1v) is 12.8. The fraction of sp³-hybridized carbons (Fsp3) is 0.160. The van der Waals surface area contributed by atoms with Crippen molar-refractivity contribution in [2.75, 3.05) is 16.0 Å². The maximum Gasteiger partial charge on any atom is 0.315 e. The van der Waals surface area contributed by atoms with Gasteiger partial charge < -0.3 is 16.0 Å². The SMILES string of the molecule is O=C(Nc1ccc(F)cc1NC(=O)C(F)F)c1cc(NC(=O)[C@H]2[C@H](c3ccc(Cl)c(Cl)c3)C2(Cl)Cl)ccc1Cl. The molecule has 204 valence electrons. The van der Waals surface area contributed by atoms with E-state index in [1.807, 2.05) is 5.32 Å². The summed E-state index contributed by atoms with van der Waals surface area (Å²) < 4.78 is 37.6. The topological polar surface area (TPSA) is 87.3 Å². The van der Waals surface area contributed by atoms with Crippen LogP contribution in [0, 0.1) is 11.7 Å². The molecular weight excluding hydrogens is 625 g/mol. The Hall–Kier alpha value is -2.69. The highest BCUT2D eigenvalue weighted by Crippen LogP contribution is 2.65. The molecular formula is C25H15Cl5F3N3O3. The van der Waals surface area contributed by atoms with Gasteiger partial charge in [0.1, 0.15) is 10.2 Å². The molecule has 1 aliphatic carbocycles. The fourth-order valence-electron chi connectivity index (χ4n) is 3.88. The van der Waals surface area contributed by atoms with Crippen molar-refractivity contribution in [3.05, 3.63) is 86.6 Å². The van der Waals surface area contributed by atoms with Gasteiger partial charge in [0, 0.05) is 11.6 Å². The average Bonchev–Trinajstić information content (AvgIpc) is 3.45. The predicted octanol–water partition coefficient (Wildman–Crippen LogP) is 7.77. The Labute approximate surface area is 244 Å². The van der Waals surface area contributed by atoms with Gasteiger partial charge in [-0.2, -0.15) is 8.78 Å². The highest BCUT2D eigenvalue weighted by molar-refractivity contribution is 6.53. The molecule has 0 aromatic heterocycles. The zero-order valence-corrected chi connectivity index (χ0v) is 23.0. The van der Waals surface area contributed by atoms with E-state index >= 15 is 0 Å². The molecule has 6 nitrogen and oxygen atoms in total. The first kappa shape index (κ1) is 29.3. The minimum Gasteiger partial charge on any atom is -0.326 e. The largest absolute Gasteiger partial charge is 0.326 e. The van der Waals surface area contributed by atoms with Crippen LogP contribution < -0.4 is 16.0 Å². The molecule has 3 aromatic carbocycles. The minimum absolute atomic E-state index is 0.0186. The molecule has 1 saturated carbocycles. The predicted molar refractivity (Wildman–Crippen MR) is 146 cm³/mol. The van der Waals surface area contributed by atoms with Crippen LogP contribution in [0.1, 0.15) is 21.8 Å². The van der Waals surface area contributed by atoms with Gasteiger partial charge in [0.15, 0.2) is 0 Å². The number of hydrogen-bond donors (Lipinski definition) is 3. The summed E-state index contributed by atoms with van der Waals surface area (Å²) in [5.41, 5.74) is 0.0996. The summed E-state index contributed by atoms with van der Waals surface area (Å²) in [6.45, 7) is 0. The Morgan fingerprint density at radius 3 is 2.15 bits per heavy atom. The number of alkyl halides is 4. The number of hydrogen-bond acceptors (Lipinski definition) is 3. The fourth-order valence-corrected chi connectivity index (χ4v) is 5.21. The number of carbonyl (C=O) groups is 3. The molecule has 39 heavy (non-hydrogen) atoms. The number of anilines is 3. The normalized spacial score (nSPS) is 17.5. The van der Waals surface area contributed by atoms with Crippen molar-refractivity contribution in [3.8, 4) is 0 Å². The van der Waals surface area contributed by atoms with Gasteiger partial charge in [-0.05, 0) is 54.1 Å². The van der Waals surface area contributed by atoms with E-state index in [-0.39, 0.29) is 27.0 Å². The van der Waals surface area contributed by atoms with E-state index in [2.05, 4.69) is 10.6 Å². The first-order chi connectivity index (χ1) is 18.3. The second kappa shape index (κ2) is 11.4. The first-order valence-electron chi connectivity index (χ1n) is 10.9. The number of amides is 3. The third kappa shape index (κ3) is 6.39. The summed E-state index contributed by atoms with van der Waals surface area (Å²) in [7, 11) is 0. The van der Waals surface area contributed by atoms with E-state index in [0.717, 1.165) is 18.2 Å². The van der Waals surface area contributed by atoms with Crippen molar-refractivity contribution in [2.24, 2.45) is 5.92 Å². The highest BCUT2D eigenvalue weighted by atomic mass is 35.5. The lowest BCUT2D eigenvalue weighted by Gasteiger charge is -2.14. The molecule has 0 saturated heterocycles. The van der Waals surface area contributed by atoms with Gasteiger partial charge in [-0.3, -0.25) is 14.4 Å². The minimum atomic E-state index is -3.37. The van der Waals surface area contributed by atoms with E-state index in [9.17, 15) is 27.6 Å². The molecule has 3 N–H and O–H groups in total. The summed E-state index contributed by atoms with van der Waals surface area (Å²) in [4.78, 5) is 37.4. The Morgan fingerprint density at radius 1 is 0.795 bits per heavy atom. The molecule has 3 aromatic rings. The Kier molecular flexibility index (Phi) is 8.58. The average molecular weight is 640 g/mol. The summed E-state index contributed by atoms with van der Waals surface area (Å²) in [6.07, 6.45) is -3.37. The van der Waals surface area contributed by atoms with Crippen molar-refractivity contribution in [3.63, 3.8) is 0 Å². The van der Waals surface area contributed by atoms with Crippen LogP contribution >= 0.6 is 58.0 Å². The number of carbonyl (C=O) groups excluding carboxylic acids is 3. The highest BCUT2D eigenvalue weighted by Gasteiger charge is 2.67. The van der Waals surface area contributed by atoms with Crippen molar-refractivity contribution in [2.45, 2.75) is 16.7 Å². The van der Waals surface area contributed by atoms with Gasteiger partial charge in [0.25, 0.3) is 11.8 Å². The zero-order chi connectivity index (χ0) is 28.6. The zero-order valence-electron chi connectivity index (χ0n) is 19.2. The van der Waals surface area contributed by atoms with Crippen LogP contribution in [0.5, 0.6) is 0 Å². The Balaban J connectivity index is 1.51. The number of halogens is 8. The smallest absolute Gasteiger partial charge is 0.315 e. The third-order valence-electron chi connectivity index (χ3n) is 5.80. The molecule has 0 heterocycles. The lowest BCUT2D eigenvalue weighted by atomic mass is 10.1. The van der Waals surface area contributed by atoms with E-state index in [1.165, 1.54) is 18.2 Å². The standard InChI is InChI=1S/C25H15Cl5F3N3O3/c26-14-5-3-12(34-23(38)20-19(25(20,29)30)10-1-4-15(27)16(28)7-10)9-13(14)22(37)35-17-6-2-11(31)8-18(17)36-24(39)21(32)33/h1-9,19-21H,(H,34,38)(H,35,37)(H,36,39)/t19-,20+/m0/s1. The third-order valence-corrected chi connectivity index (χ3v) is 7.81. The quantitative estimate of drug-likeness (QED) is 0.231. The van der Waals surface area contributed by atoms with Gasteiger partial charge in [-0.1, -0.05) is 40.9 Å². The number of rotatable bonds is 7. The molecule has 4 rings (SSSR count). The summed E-state index contributed by atoms with van der Waals surface area (Å²) in [6, 6.07) is 11.6. The molecule has 3 amide bonds. The van der Waals surface area contributed by atoms with Crippen LogP contribution in [0.3, 0.4) is 0 Å². The van der Waals surface area contributed by atoms with E-state index in [0.29, 0.717) is 10.6 Å². The lowest BCUT2D eigenvalue weighted by molar-refractivity contribution is -0.126. The van der Waals surface area contributed by atoms with Crippen LogP contribution in [-0.4, -0.2) is 28.5 Å². The van der Waals surface area contributed by atoms with Gasteiger partial charge in [-0.15, -0.1) is 23.2 Å². The summed E-state index contributed by atoms with van der Waals surface area (Å²) >= 11 is 30.9. The maximum atomic E-state index is 13.7. The van der Waals surface area contributed by atoms with Crippen molar-refractivity contribution in [1.82, 2.24) is 0 Å². The molecule has 0 spiro atoms. The van der Waals surface area contributed by atoms with E-state index in [4.69, 9.17) is 58.0 Å². The van der Waals surface area contributed by atoms with E-state index < -0.39 is 51.8 Å². The number of nitrogens with one attached hydrogen (secondary N) is 3. The van der Waals surface area contributed by atoms with Gasteiger partial charge in [0.05, 0.1) is 37.9 Å². The molecule has 2 atom stereocenters. The van der Waals surface area contributed by atoms with Crippen molar-refractivity contribution < 1.29 is 27.6 Å². The van der Waals surface area contributed by atoms with Crippen LogP contribution in [0.25, 0.3) is 0 Å². The van der Waals surface area contributed by atoms with Crippen molar-refractivity contribution in [1.29, 1.82) is 0 Å². The second-order valence-corrected chi connectivity index (χ2v) is 11.1. The molecule has 0 aliphatic heterocycles. The molecule has 0 radical (unpaired) electrons. The lowest BCUT2D eigenvalue weighted by Crippen LogP contribution is -2.22.